The maximum Gasteiger partial charge on any atom is 0.256 e. The molecule has 1 saturated heterocycles. The number of aromatic amines is 1. The molecule has 1 fully saturated rings. The molecule has 1 aliphatic heterocycles. The molecule has 2 heterocycles. The van der Waals surface area contributed by atoms with Crippen LogP contribution in [-0.4, -0.2) is 41.1 Å². The highest BCUT2D eigenvalue weighted by Gasteiger charge is 2.16. The lowest BCUT2D eigenvalue weighted by Gasteiger charge is -2.30. The number of piperidine rings is 1. The van der Waals surface area contributed by atoms with Crippen LogP contribution in [0.2, 0.25) is 0 Å². The Balaban J connectivity index is 0.00000272. The molecule has 1 aliphatic rings. The Kier molecular flexibility index (Phi) is 13.2. The van der Waals surface area contributed by atoms with Gasteiger partial charge in [-0.05, 0) is 69.7 Å². The number of ether oxygens (including phenoxy) is 1. The molecule has 33 heavy (non-hydrogen) atoms. The van der Waals surface area contributed by atoms with E-state index in [9.17, 15) is 4.79 Å². The van der Waals surface area contributed by atoms with Gasteiger partial charge in [0.05, 0.1) is 12.3 Å². The fraction of sp³-hybridized carbons (Fsp3) is 0.520. The summed E-state index contributed by atoms with van der Waals surface area (Å²) in [5.41, 5.74) is 2.70. The van der Waals surface area contributed by atoms with Crippen molar-refractivity contribution in [3.63, 3.8) is 0 Å². The van der Waals surface area contributed by atoms with Crippen molar-refractivity contribution in [2.75, 3.05) is 31.6 Å². The first-order chi connectivity index (χ1) is 15.0. The van der Waals surface area contributed by atoms with Crippen molar-refractivity contribution in [1.82, 2.24) is 14.9 Å². The molecule has 1 unspecified atom stereocenters. The minimum atomic E-state index is -0.0794. The summed E-state index contributed by atoms with van der Waals surface area (Å²) < 4.78 is 5.95. The summed E-state index contributed by atoms with van der Waals surface area (Å²) >= 11 is 0. The molecular formula is C25H38Cl2N4O2. The normalized spacial score (nSPS) is 16.2. The predicted molar refractivity (Wildman–Crippen MR) is 141 cm³/mol. The second kappa shape index (κ2) is 15.0. The van der Waals surface area contributed by atoms with E-state index in [-0.39, 0.29) is 30.4 Å². The average molecular weight is 498 g/mol. The van der Waals surface area contributed by atoms with Gasteiger partial charge in [0.2, 0.25) is 5.95 Å². The number of halogens is 2. The highest BCUT2D eigenvalue weighted by molar-refractivity contribution is 5.85. The predicted octanol–water partition coefficient (Wildman–Crippen LogP) is 5.15. The zero-order valence-corrected chi connectivity index (χ0v) is 21.6. The smallest absolute Gasteiger partial charge is 0.256 e. The molecule has 0 saturated carbocycles. The van der Waals surface area contributed by atoms with E-state index in [1.165, 1.54) is 31.5 Å². The van der Waals surface area contributed by atoms with Gasteiger partial charge in [-0.2, -0.15) is 0 Å². The summed E-state index contributed by atoms with van der Waals surface area (Å²) in [7, 11) is 0. The second-order valence-corrected chi connectivity index (χ2v) is 8.51. The van der Waals surface area contributed by atoms with Gasteiger partial charge in [-0.25, -0.2) is 4.98 Å². The molecule has 0 bridgehead atoms. The van der Waals surface area contributed by atoms with Crippen molar-refractivity contribution in [3.05, 3.63) is 63.6 Å². The van der Waals surface area contributed by atoms with Crippen molar-refractivity contribution >= 4 is 30.8 Å². The van der Waals surface area contributed by atoms with Gasteiger partial charge >= 0.3 is 0 Å². The van der Waals surface area contributed by atoms with E-state index in [0.29, 0.717) is 31.1 Å². The number of allylic oxidation sites excluding steroid dienone is 2. The standard InChI is InChI=1S/C25H36N4O2.2ClH/c1-4-5-12-23-20(3)27-25(28-24(23)30)26-13-8-15-31-22-11-6-10-21(16-22)18-29-14-7-9-19(2)17-29;;/h4-6,10-11,16,19H,7-9,12-15,17-18H2,1-3H3,(H2,26,27,28,30);2*1H. The van der Waals surface area contributed by atoms with E-state index in [0.717, 1.165) is 30.3 Å². The van der Waals surface area contributed by atoms with Crippen LogP contribution in [0.5, 0.6) is 5.75 Å². The van der Waals surface area contributed by atoms with E-state index in [1.54, 1.807) is 0 Å². The van der Waals surface area contributed by atoms with E-state index < -0.39 is 0 Å². The fourth-order valence-electron chi connectivity index (χ4n) is 4.06. The highest BCUT2D eigenvalue weighted by atomic mass is 35.5. The molecular weight excluding hydrogens is 459 g/mol. The SMILES string of the molecule is CC=CCc1c(C)nc(NCCCOc2cccc(CN3CCCC(C)C3)c2)[nH]c1=O.Cl.Cl. The maximum absolute atomic E-state index is 12.2. The molecule has 0 aliphatic carbocycles. The zero-order valence-electron chi connectivity index (χ0n) is 19.9. The Morgan fingerprint density at radius 3 is 2.88 bits per heavy atom. The third-order valence-electron chi connectivity index (χ3n) is 5.71. The lowest BCUT2D eigenvalue weighted by Crippen LogP contribution is -2.33. The van der Waals surface area contributed by atoms with Crippen molar-refractivity contribution in [2.45, 2.75) is 53.0 Å². The Bertz CT molecular complexity index is 933. The van der Waals surface area contributed by atoms with Gasteiger partial charge in [0.25, 0.3) is 5.56 Å². The molecule has 1 aromatic heterocycles. The van der Waals surface area contributed by atoms with E-state index in [4.69, 9.17) is 4.74 Å². The lowest BCUT2D eigenvalue weighted by atomic mass is 10.00. The molecule has 0 amide bonds. The molecule has 184 valence electrons. The first-order valence-electron chi connectivity index (χ1n) is 11.4. The van der Waals surface area contributed by atoms with Crippen molar-refractivity contribution in [1.29, 1.82) is 0 Å². The number of H-pyrrole nitrogens is 1. The van der Waals surface area contributed by atoms with Gasteiger partial charge in [-0.3, -0.25) is 14.7 Å². The lowest BCUT2D eigenvalue weighted by molar-refractivity contribution is 0.176. The van der Waals surface area contributed by atoms with Crippen LogP contribution in [0.1, 0.15) is 49.9 Å². The number of anilines is 1. The summed E-state index contributed by atoms with van der Waals surface area (Å²) in [5.74, 6) is 2.22. The number of benzene rings is 1. The van der Waals surface area contributed by atoms with Gasteiger partial charge in [-0.15, -0.1) is 24.8 Å². The maximum atomic E-state index is 12.2. The molecule has 0 radical (unpaired) electrons. The number of aryl methyl sites for hydroxylation is 1. The van der Waals surface area contributed by atoms with Crippen LogP contribution in [0, 0.1) is 12.8 Å². The second-order valence-electron chi connectivity index (χ2n) is 8.51. The van der Waals surface area contributed by atoms with E-state index >= 15 is 0 Å². The van der Waals surface area contributed by atoms with Gasteiger partial charge in [0.15, 0.2) is 0 Å². The zero-order chi connectivity index (χ0) is 22.1. The third-order valence-corrected chi connectivity index (χ3v) is 5.71. The van der Waals surface area contributed by atoms with Gasteiger partial charge < -0.3 is 10.1 Å². The Morgan fingerprint density at radius 1 is 1.33 bits per heavy atom. The van der Waals surface area contributed by atoms with E-state index in [2.05, 4.69) is 45.3 Å². The molecule has 0 spiro atoms. The van der Waals surface area contributed by atoms with Crippen LogP contribution in [0.3, 0.4) is 0 Å². The molecule has 6 nitrogen and oxygen atoms in total. The number of aromatic nitrogens is 2. The minimum Gasteiger partial charge on any atom is -0.494 e. The fourth-order valence-corrected chi connectivity index (χ4v) is 4.06. The van der Waals surface area contributed by atoms with Crippen LogP contribution in [-0.2, 0) is 13.0 Å². The molecule has 8 heteroatoms. The minimum absolute atomic E-state index is 0. The topological polar surface area (TPSA) is 70.2 Å². The van der Waals surface area contributed by atoms with Crippen LogP contribution in [0.15, 0.2) is 41.2 Å². The van der Waals surface area contributed by atoms with Gasteiger partial charge in [0, 0.05) is 25.2 Å². The Labute approximate surface area is 210 Å². The number of nitrogens with zero attached hydrogens (tertiary/aromatic N) is 2. The van der Waals surface area contributed by atoms with Crippen molar-refractivity contribution in [2.24, 2.45) is 5.92 Å². The summed E-state index contributed by atoms with van der Waals surface area (Å²) in [5, 5.41) is 3.19. The van der Waals surface area contributed by atoms with Gasteiger partial charge in [0.1, 0.15) is 5.75 Å². The summed E-state index contributed by atoms with van der Waals surface area (Å²) in [6.45, 7) is 10.8. The van der Waals surface area contributed by atoms with Gasteiger partial charge in [-0.1, -0.05) is 31.2 Å². The summed E-state index contributed by atoms with van der Waals surface area (Å²) in [4.78, 5) is 22.1. The quantitative estimate of drug-likeness (QED) is 0.351. The molecule has 3 rings (SSSR count). The van der Waals surface area contributed by atoms with Crippen LogP contribution in [0.25, 0.3) is 0 Å². The molecule has 1 aromatic carbocycles. The Morgan fingerprint density at radius 2 is 2.15 bits per heavy atom. The third kappa shape index (κ3) is 9.40. The summed E-state index contributed by atoms with van der Waals surface area (Å²) in [6.07, 6.45) is 7.96. The van der Waals surface area contributed by atoms with Crippen LogP contribution >= 0.6 is 24.8 Å². The Hall–Kier alpha value is -2.02. The molecule has 1 atom stereocenters. The van der Waals surface area contributed by atoms with Crippen LogP contribution in [0.4, 0.5) is 5.95 Å². The van der Waals surface area contributed by atoms with Crippen LogP contribution < -0.4 is 15.6 Å². The van der Waals surface area contributed by atoms with E-state index in [1.807, 2.05) is 32.1 Å². The monoisotopic (exact) mass is 496 g/mol. The average Bonchev–Trinajstić information content (AvgIpc) is 2.73. The largest absolute Gasteiger partial charge is 0.494 e. The number of likely N-dealkylation sites (tertiary alicyclic amines) is 1. The number of nitrogens with one attached hydrogen (secondary N) is 2. The summed E-state index contributed by atoms with van der Waals surface area (Å²) in [6, 6.07) is 8.42. The van der Waals surface area contributed by atoms with Crippen molar-refractivity contribution < 1.29 is 4.74 Å². The number of rotatable bonds is 10. The first-order valence-corrected chi connectivity index (χ1v) is 11.4. The number of hydrogen-bond donors (Lipinski definition) is 2. The highest BCUT2D eigenvalue weighted by Crippen LogP contribution is 2.20. The first kappa shape index (κ1) is 29.0. The van der Waals surface area contributed by atoms with Crippen molar-refractivity contribution in [3.8, 4) is 5.75 Å². The molecule has 2 N–H and O–H groups in total. The molecule has 2 aromatic rings. The number of hydrogen-bond acceptors (Lipinski definition) is 5.